The van der Waals surface area contributed by atoms with Crippen LogP contribution in [0.15, 0.2) is 41.3 Å². The van der Waals surface area contributed by atoms with E-state index in [0.29, 0.717) is 23.6 Å². The third-order valence-corrected chi connectivity index (χ3v) is 11.7. The lowest BCUT2D eigenvalue weighted by Gasteiger charge is -2.50. The second-order valence-corrected chi connectivity index (χ2v) is 13.8. The first-order valence-corrected chi connectivity index (χ1v) is 15.9. The largest absolute Gasteiger partial charge is 0.490 e. The van der Waals surface area contributed by atoms with E-state index in [1.54, 1.807) is 11.8 Å². The molecule has 38 heavy (non-hydrogen) atoms. The summed E-state index contributed by atoms with van der Waals surface area (Å²) < 4.78 is 68.9. The van der Waals surface area contributed by atoms with E-state index in [-0.39, 0.29) is 41.8 Å². The molecule has 206 valence electrons. The Labute approximate surface area is 230 Å². The molecule has 0 aromatic heterocycles. The minimum Gasteiger partial charge on any atom is -0.490 e. The molecule has 3 aliphatic heterocycles. The van der Waals surface area contributed by atoms with E-state index < -0.39 is 38.2 Å². The van der Waals surface area contributed by atoms with Crippen LogP contribution in [0, 0.1) is 17.6 Å². The van der Waals surface area contributed by atoms with Gasteiger partial charge in [-0.1, -0.05) is 11.6 Å². The average molecular weight is 586 g/mol. The summed E-state index contributed by atoms with van der Waals surface area (Å²) in [4.78, 5) is 13.7. The number of carbonyl (C=O) groups is 1. The number of nitrogens with zero attached hydrogens (tertiary/aromatic N) is 1. The highest BCUT2D eigenvalue weighted by Crippen LogP contribution is 2.56. The maximum atomic E-state index is 15.4. The van der Waals surface area contributed by atoms with E-state index in [2.05, 4.69) is 0 Å². The number of ether oxygens (including phenoxy) is 2. The number of rotatable bonds is 9. The van der Waals surface area contributed by atoms with E-state index in [1.807, 2.05) is 4.90 Å². The number of likely N-dealkylation sites (tertiary alicyclic amines) is 1. The number of fused-ring (bicyclic) bond motifs is 3. The Kier molecular flexibility index (Phi) is 8.24. The van der Waals surface area contributed by atoms with Gasteiger partial charge in [0, 0.05) is 37.1 Å². The molecule has 2 fully saturated rings. The van der Waals surface area contributed by atoms with Crippen LogP contribution < -0.4 is 4.74 Å². The van der Waals surface area contributed by atoms with Gasteiger partial charge in [0.05, 0.1) is 23.2 Å². The molecule has 11 heteroatoms. The number of halogens is 3. The van der Waals surface area contributed by atoms with Crippen LogP contribution in [0.3, 0.4) is 0 Å². The average Bonchev–Trinajstić information content (AvgIpc) is 3.32. The van der Waals surface area contributed by atoms with Crippen LogP contribution in [-0.4, -0.2) is 63.1 Å². The molecule has 0 radical (unpaired) electrons. The lowest BCUT2D eigenvalue weighted by atomic mass is 9.75. The lowest BCUT2D eigenvalue weighted by molar-refractivity contribution is -0.127. The van der Waals surface area contributed by atoms with Crippen molar-refractivity contribution in [2.45, 2.75) is 47.9 Å². The van der Waals surface area contributed by atoms with Gasteiger partial charge in [0.25, 0.3) is 0 Å². The Bertz CT molecular complexity index is 1290. The van der Waals surface area contributed by atoms with Gasteiger partial charge in [-0.2, -0.15) is 11.8 Å². The van der Waals surface area contributed by atoms with Gasteiger partial charge < -0.3 is 14.4 Å². The quantitative estimate of drug-likeness (QED) is 0.376. The number of sulfone groups is 1. The van der Waals surface area contributed by atoms with Crippen molar-refractivity contribution < 1.29 is 31.5 Å². The van der Waals surface area contributed by atoms with Crippen LogP contribution in [-0.2, 0) is 24.1 Å². The summed E-state index contributed by atoms with van der Waals surface area (Å²) in [5.41, 5.74) is -0.250. The molecular formula is C27H30ClF2NO5S2. The highest BCUT2D eigenvalue weighted by Gasteiger charge is 2.61. The standard InChI is InChI=1S/C27H30ClF2NO5S2/c28-18-4-6-19(7-5-18)38(33,34)27-11-14-35-23(10-16-37-15-2-13-31-12-1-3-24(31)32)20(27)17-36-26-22(30)9-8-21(29)25(26)27/h4-9,20,23H,1-3,10-17H2/t20-,23-,27-/m0/s1. The molecule has 6 nitrogen and oxygen atoms in total. The Morgan fingerprint density at radius 1 is 1.11 bits per heavy atom. The van der Waals surface area contributed by atoms with Crippen molar-refractivity contribution in [3.63, 3.8) is 0 Å². The molecule has 1 amide bonds. The van der Waals surface area contributed by atoms with Crippen molar-refractivity contribution in [2.75, 3.05) is 37.8 Å². The number of thioether (sulfide) groups is 1. The first kappa shape index (κ1) is 27.7. The van der Waals surface area contributed by atoms with E-state index in [9.17, 15) is 17.6 Å². The van der Waals surface area contributed by atoms with Gasteiger partial charge in [-0.15, -0.1) is 0 Å². The molecule has 0 spiro atoms. The molecule has 0 unspecified atom stereocenters. The smallest absolute Gasteiger partial charge is 0.222 e. The molecule has 5 rings (SSSR count). The number of hydrogen-bond acceptors (Lipinski definition) is 6. The third-order valence-electron chi connectivity index (χ3n) is 7.78. The molecule has 3 heterocycles. The van der Waals surface area contributed by atoms with Crippen LogP contribution in [0.25, 0.3) is 0 Å². The highest BCUT2D eigenvalue weighted by atomic mass is 35.5. The minimum atomic E-state index is -4.21. The van der Waals surface area contributed by atoms with Crippen molar-refractivity contribution in [2.24, 2.45) is 5.92 Å². The zero-order valence-electron chi connectivity index (χ0n) is 20.8. The van der Waals surface area contributed by atoms with E-state index in [0.717, 1.165) is 43.8 Å². The summed E-state index contributed by atoms with van der Waals surface area (Å²) in [6.07, 6.45) is 2.42. The lowest BCUT2D eigenvalue weighted by Crippen LogP contribution is -2.57. The van der Waals surface area contributed by atoms with Crippen molar-refractivity contribution in [1.29, 1.82) is 0 Å². The fourth-order valence-corrected chi connectivity index (χ4v) is 9.34. The number of hydrogen-bond donors (Lipinski definition) is 0. The first-order chi connectivity index (χ1) is 18.3. The Morgan fingerprint density at radius 3 is 2.61 bits per heavy atom. The van der Waals surface area contributed by atoms with E-state index >= 15 is 4.39 Å². The summed E-state index contributed by atoms with van der Waals surface area (Å²) in [5, 5.41) is 0.374. The van der Waals surface area contributed by atoms with Crippen LogP contribution >= 0.6 is 23.4 Å². The van der Waals surface area contributed by atoms with Crippen molar-refractivity contribution in [3.8, 4) is 5.75 Å². The number of benzene rings is 2. The zero-order valence-corrected chi connectivity index (χ0v) is 23.2. The number of carbonyl (C=O) groups excluding carboxylic acids is 1. The summed E-state index contributed by atoms with van der Waals surface area (Å²) in [6, 6.07) is 7.68. The molecule has 3 aliphatic rings. The second-order valence-electron chi connectivity index (χ2n) is 9.90. The van der Waals surface area contributed by atoms with Crippen molar-refractivity contribution in [1.82, 2.24) is 4.90 Å². The first-order valence-electron chi connectivity index (χ1n) is 12.8. The molecule has 3 atom stereocenters. The van der Waals surface area contributed by atoms with Crippen LogP contribution in [0.4, 0.5) is 8.78 Å². The molecule has 2 saturated heterocycles. The van der Waals surface area contributed by atoms with Gasteiger partial charge in [-0.25, -0.2) is 17.2 Å². The SMILES string of the molecule is O=C1CCCN1CCCSCC[C@@H]1OCC[C@@]2(S(=O)(=O)c3ccc(Cl)cc3)c3c(F)ccc(F)c3OC[C@@H]12. The van der Waals surface area contributed by atoms with Crippen LogP contribution in [0.2, 0.25) is 5.02 Å². The summed E-state index contributed by atoms with van der Waals surface area (Å²) >= 11 is 7.71. The van der Waals surface area contributed by atoms with Gasteiger partial charge in [-0.3, -0.25) is 4.79 Å². The fraction of sp³-hybridized carbons (Fsp3) is 0.519. The molecule has 2 aromatic carbocycles. The van der Waals surface area contributed by atoms with E-state index in [1.165, 1.54) is 24.3 Å². The Morgan fingerprint density at radius 2 is 1.87 bits per heavy atom. The normalized spacial score (nSPS) is 25.1. The van der Waals surface area contributed by atoms with Gasteiger partial charge >= 0.3 is 0 Å². The van der Waals surface area contributed by atoms with Gasteiger partial charge in [0.1, 0.15) is 10.6 Å². The summed E-state index contributed by atoms with van der Waals surface area (Å²) in [6.45, 7) is 1.55. The Balaban J connectivity index is 1.39. The van der Waals surface area contributed by atoms with Gasteiger partial charge in [0.15, 0.2) is 21.4 Å². The molecule has 0 saturated carbocycles. The number of amides is 1. The maximum absolute atomic E-state index is 15.4. The predicted octanol–water partition coefficient (Wildman–Crippen LogP) is 5.22. The van der Waals surface area contributed by atoms with Gasteiger partial charge in [-0.05, 0) is 73.6 Å². The highest BCUT2D eigenvalue weighted by molar-refractivity contribution is 7.99. The van der Waals surface area contributed by atoms with Crippen LogP contribution in [0.5, 0.6) is 5.75 Å². The minimum absolute atomic E-state index is 0.00473. The van der Waals surface area contributed by atoms with Crippen molar-refractivity contribution >= 4 is 39.1 Å². The summed E-state index contributed by atoms with van der Waals surface area (Å²) in [7, 11) is -4.21. The molecule has 0 aliphatic carbocycles. The fourth-order valence-electron chi connectivity index (χ4n) is 5.93. The Hall–Kier alpha value is -1.88. The summed E-state index contributed by atoms with van der Waals surface area (Å²) in [5.74, 6) is -0.908. The third kappa shape index (κ3) is 4.93. The molecule has 0 bridgehead atoms. The molecular weight excluding hydrogens is 556 g/mol. The molecule has 0 N–H and O–H groups in total. The van der Waals surface area contributed by atoms with E-state index in [4.69, 9.17) is 21.1 Å². The predicted molar refractivity (Wildman–Crippen MR) is 142 cm³/mol. The monoisotopic (exact) mass is 585 g/mol. The molecule has 2 aromatic rings. The van der Waals surface area contributed by atoms with Crippen LogP contribution in [0.1, 0.15) is 37.7 Å². The van der Waals surface area contributed by atoms with Crippen molar-refractivity contribution in [3.05, 3.63) is 58.6 Å². The second kappa shape index (κ2) is 11.3. The topological polar surface area (TPSA) is 72.9 Å². The maximum Gasteiger partial charge on any atom is 0.222 e. The zero-order chi connectivity index (χ0) is 26.9. The van der Waals surface area contributed by atoms with Gasteiger partial charge in [0.2, 0.25) is 5.91 Å².